The monoisotopic (exact) mass is 407 g/mol. The molecule has 3 aromatic rings. The van der Waals surface area contributed by atoms with E-state index in [0.29, 0.717) is 25.5 Å². The van der Waals surface area contributed by atoms with Gasteiger partial charge < -0.3 is 14.0 Å². The molecule has 0 unspecified atom stereocenters. The van der Waals surface area contributed by atoms with E-state index in [1.807, 2.05) is 59.2 Å². The standard InChI is InChI=1S/C23H25N3O4/c1-3-30-22(28)19-20(16-10-5-4-6-11-16)26-18-13-8-7-12-17(18)24-23(26)25(21(19)27)14-9-15-29-2/h4-8,10-13,19-20H,3,9,14-15H2,1-2H3/t19-,20-/m1/s1. The topological polar surface area (TPSA) is 73.7 Å². The van der Waals surface area contributed by atoms with Crippen molar-refractivity contribution >= 4 is 28.9 Å². The van der Waals surface area contributed by atoms with Gasteiger partial charge in [0.1, 0.15) is 0 Å². The van der Waals surface area contributed by atoms with E-state index < -0.39 is 17.9 Å². The Bertz CT molecular complexity index is 1050. The van der Waals surface area contributed by atoms with Crippen LogP contribution in [0, 0.1) is 5.92 Å². The number of imidazole rings is 1. The van der Waals surface area contributed by atoms with Crippen LogP contribution in [-0.4, -0.2) is 48.3 Å². The molecule has 0 N–H and O–H groups in total. The van der Waals surface area contributed by atoms with E-state index in [2.05, 4.69) is 0 Å². The van der Waals surface area contributed by atoms with Crippen LogP contribution in [0.4, 0.5) is 5.95 Å². The summed E-state index contributed by atoms with van der Waals surface area (Å²) in [5.41, 5.74) is 2.52. The molecular formula is C23H25N3O4. The lowest BCUT2D eigenvalue weighted by Crippen LogP contribution is -2.50. The van der Waals surface area contributed by atoms with Gasteiger partial charge in [0.05, 0.1) is 23.7 Å². The van der Waals surface area contributed by atoms with Gasteiger partial charge in [0.2, 0.25) is 11.9 Å². The second kappa shape index (κ2) is 8.67. The van der Waals surface area contributed by atoms with Gasteiger partial charge in [-0.25, -0.2) is 4.98 Å². The highest BCUT2D eigenvalue weighted by atomic mass is 16.5. The number of aromatic nitrogens is 2. The van der Waals surface area contributed by atoms with Crippen LogP contribution in [0.1, 0.15) is 24.9 Å². The SMILES string of the molecule is CCOC(=O)[C@H]1C(=O)N(CCCOC)c2nc3ccccc3n2[C@@H]1c1ccccc1. The van der Waals surface area contributed by atoms with Crippen molar-refractivity contribution in [2.45, 2.75) is 19.4 Å². The average Bonchev–Trinajstić information content (AvgIpc) is 3.14. The van der Waals surface area contributed by atoms with Crippen molar-refractivity contribution in [3.8, 4) is 0 Å². The number of ether oxygens (including phenoxy) is 2. The van der Waals surface area contributed by atoms with Crippen molar-refractivity contribution in [2.24, 2.45) is 5.92 Å². The van der Waals surface area contributed by atoms with E-state index in [0.717, 1.165) is 16.6 Å². The zero-order valence-corrected chi connectivity index (χ0v) is 17.2. The van der Waals surface area contributed by atoms with E-state index in [4.69, 9.17) is 14.5 Å². The van der Waals surface area contributed by atoms with Crippen LogP contribution < -0.4 is 4.90 Å². The quantitative estimate of drug-likeness (QED) is 0.342. The molecule has 1 amide bonds. The molecular weight excluding hydrogens is 382 g/mol. The van der Waals surface area contributed by atoms with E-state index in [9.17, 15) is 9.59 Å². The number of anilines is 1. The normalized spacial score (nSPS) is 18.5. The molecule has 0 saturated carbocycles. The first-order chi connectivity index (χ1) is 14.7. The third kappa shape index (κ3) is 3.45. The molecule has 0 radical (unpaired) electrons. The second-order valence-corrected chi connectivity index (χ2v) is 7.19. The van der Waals surface area contributed by atoms with Crippen LogP contribution in [0.15, 0.2) is 54.6 Å². The molecule has 2 aromatic carbocycles. The Morgan fingerprint density at radius 1 is 1.10 bits per heavy atom. The van der Waals surface area contributed by atoms with Gasteiger partial charge in [-0.15, -0.1) is 0 Å². The highest BCUT2D eigenvalue weighted by Gasteiger charge is 2.47. The number of hydrogen-bond donors (Lipinski definition) is 0. The summed E-state index contributed by atoms with van der Waals surface area (Å²) in [5.74, 6) is -1.25. The molecule has 0 fully saturated rings. The van der Waals surface area contributed by atoms with Crippen LogP contribution in [0.3, 0.4) is 0 Å². The summed E-state index contributed by atoms with van der Waals surface area (Å²) < 4.78 is 12.5. The van der Waals surface area contributed by atoms with E-state index in [1.54, 1.807) is 18.9 Å². The largest absolute Gasteiger partial charge is 0.465 e. The molecule has 1 aromatic heterocycles. The molecule has 0 bridgehead atoms. The molecule has 0 spiro atoms. The Hall–Kier alpha value is -3.19. The summed E-state index contributed by atoms with van der Waals surface area (Å²) in [5, 5.41) is 0. The number of para-hydroxylation sites is 2. The third-order valence-corrected chi connectivity index (χ3v) is 5.36. The Morgan fingerprint density at radius 3 is 2.57 bits per heavy atom. The van der Waals surface area contributed by atoms with Crippen molar-refractivity contribution in [1.29, 1.82) is 0 Å². The number of nitrogens with zero attached hydrogens (tertiary/aromatic N) is 3. The van der Waals surface area contributed by atoms with Gasteiger partial charge in [0.25, 0.3) is 0 Å². The highest BCUT2D eigenvalue weighted by molar-refractivity contribution is 6.08. The second-order valence-electron chi connectivity index (χ2n) is 7.19. The van der Waals surface area contributed by atoms with Crippen LogP contribution in [0.25, 0.3) is 11.0 Å². The van der Waals surface area contributed by atoms with E-state index >= 15 is 0 Å². The Labute approximate surface area is 175 Å². The first kappa shape index (κ1) is 20.1. The number of rotatable bonds is 7. The van der Waals surface area contributed by atoms with Gasteiger partial charge in [-0.2, -0.15) is 0 Å². The van der Waals surface area contributed by atoms with Gasteiger partial charge >= 0.3 is 5.97 Å². The predicted octanol–water partition coefficient (Wildman–Crippen LogP) is 3.19. The summed E-state index contributed by atoms with van der Waals surface area (Å²) in [6.07, 6.45) is 0.636. The van der Waals surface area contributed by atoms with Crippen LogP contribution in [0.2, 0.25) is 0 Å². The molecule has 0 aliphatic carbocycles. The number of fused-ring (bicyclic) bond motifs is 3. The molecule has 1 aliphatic rings. The lowest BCUT2D eigenvalue weighted by atomic mass is 9.89. The molecule has 4 rings (SSSR count). The fraction of sp³-hybridized carbons (Fsp3) is 0.348. The third-order valence-electron chi connectivity index (χ3n) is 5.36. The summed E-state index contributed by atoms with van der Waals surface area (Å²) in [6.45, 7) is 2.88. The van der Waals surface area contributed by atoms with Gasteiger partial charge in [-0.05, 0) is 31.0 Å². The van der Waals surface area contributed by atoms with Crippen LogP contribution in [-0.2, 0) is 19.1 Å². The smallest absolute Gasteiger partial charge is 0.321 e. The Kier molecular flexibility index (Phi) is 5.81. The van der Waals surface area contributed by atoms with Crippen LogP contribution in [0.5, 0.6) is 0 Å². The molecule has 0 saturated heterocycles. The molecule has 2 atom stereocenters. The zero-order valence-electron chi connectivity index (χ0n) is 17.2. The number of methoxy groups -OCH3 is 1. The Morgan fingerprint density at radius 2 is 1.83 bits per heavy atom. The predicted molar refractivity (Wildman–Crippen MR) is 113 cm³/mol. The molecule has 156 valence electrons. The van der Waals surface area contributed by atoms with Crippen molar-refractivity contribution in [3.05, 3.63) is 60.2 Å². The first-order valence-electron chi connectivity index (χ1n) is 10.2. The van der Waals surface area contributed by atoms with Crippen LogP contribution >= 0.6 is 0 Å². The van der Waals surface area contributed by atoms with E-state index in [1.165, 1.54) is 0 Å². The number of carbonyl (C=O) groups excluding carboxylic acids is 2. The van der Waals surface area contributed by atoms with E-state index in [-0.39, 0.29) is 12.5 Å². The molecule has 1 aliphatic heterocycles. The van der Waals surface area contributed by atoms with Crippen molar-refractivity contribution in [3.63, 3.8) is 0 Å². The summed E-state index contributed by atoms with van der Waals surface area (Å²) in [7, 11) is 1.63. The molecule has 7 heteroatoms. The van der Waals surface area contributed by atoms with Gasteiger partial charge in [0.15, 0.2) is 5.92 Å². The molecule has 2 heterocycles. The minimum atomic E-state index is -0.986. The number of esters is 1. The average molecular weight is 407 g/mol. The fourth-order valence-corrected chi connectivity index (χ4v) is 4.08. The minimum absolute atomic E-state index is 0.214. The number of carbonyl (C=O) groups is 2. The maximum atomic E-state index is 13.6. The summed E-state index contributed by atoms with van der Waals surface area (Å²) in [4.78, 5) is 32.9. The fourth-order valence-electron chi connectivity index (χ4n) is 4.08. The minimum Gasteiger partial charge on any atom is -0.465 e. The summed E-state index contributed by atoms with van der Waals surface area (Å²) in [6, 6.07) is 16.8. The first-order valence-corrected chi connectivity index (χ1v) is 10.2. The summed E-state index contributed by atoms with van der Waals surface area (Å²) >= 11 is 0. The lowest BCUT2D eigenvalue weighted by Gasteiger charge is -2.38. The van der Waals surface area contributed by atoms with Gasteiger partial charge in [-0.3, -0.25) is 14.5 Å². The van der Waals surface area contributed by atoms with Crippen molar-refractivity contribution < 1.29 is 19.1 Å². The van der Waals surface area contributed by atoms with Crippen molar-refractivity contribution in [1.82, 2.24) is 9.55 Å². The number of benzene rings is 2. The maximum Gasteiger partial charge on any atom is 0.321 e. The van der Waals surface area contributed by atoms with Crippen molar-refractivity contribution in [2.75, 3.05) is 31.8 Å². The molecule has 7 nitrogen and oxygen atoms in total. The maximum absolute atomic E-state index is 13.6. The molecule has 30 heavy (non-hydrogen) atoms. The number of hydrogen-bond acceptors (Lipinski definition) is 5. The zero-order chi connectivity index (χ0) is 21.1. The Balaban J connectivity index is 1.93. The van der Waals surface area contributed by atoms with Gasteiger partial charge in [0, 0.05) is 20.3 Å². The highest BCUT2D eigenvalue weighted by Crippen LogP contribution is 2.41. The van der Waals surface area contributed by atoms with Gasteiger partial charge in [-0.1, -0.05) is 42.5 Å². The lowest BCUT2D eigenvalue weighted by molar-refractivity contribution is -0.153. The number of amides is 1.